The highest BCUT2D eigenvalue weighted by atomic mass is 16.6. The van der Waals surface area contributed by atoms with Gasteiger partial charge in [0.25, 0.3) is 0 Å². The maximum absolute atomic E-state index is 13.9. The standard InChI is InChI=1S/C35H49N5O11/c1-34(2,3)50-32(48)37-18-23(42)17-26-31(47)38-24(29(45)36-11-12-41)15-21-13-19(7-9-27(21)43)20-8-10-28(44)22(14-20)16-25(30(46)39-26)40-33(49)51-35(4,5)6/h7-10,13-14,23-26,41-44H,11-12,15-18H2,1-6H3,(H,36,45)(H,37,48)(H,38,47)(H,39,46)(H,40,49)/t23-,24+,25+,26+/m1/s1. The van der Waals surface area contributed by atoms with Gasteiger partial charge >= 0.3 is 12.2 Å². The second-order valence-corrected chi connectivity index (χ2v) is 14.2. The van der Waals surface area contributed by atoms with E-state index < -0.39 is 78.4 Å². The first-order chi connectivity index (χ1) is 23.7. The van der Waals surface area contributed by atoms with Crippen molar-refractivity contribution >= 4 is 29.9 Å². The molecule has 0 radical (unpaired) electrons. The van der Waals surface area contributed by atoms with E-state index in [0.717, 1.165) is 0 Å². The zero-order chi connectivity index (χ0) is 38.1. The molecular formula is C35H49N5O11. The minimum atomic E-state index is -1.55. The number of aliphatic hydroxyl groups excluding tert-OH is 2. The summed E-state index contributed by atoms with van der Waals surface area (Å²) in [6.45, 7) is 8.94. The number of phenols is 2. The van der Waals surface area contributed by atoms with Crippen LogP contribution >= 0.6 is 0 Å². The molecule has 0 fully saturated rings. The van der Waals surface area contributed by atoms with Crippen LogP contribution in [-0.2, 0) is 36.7 Å². The summed E-state index contributed by atoms with van der Waals surface area (Å²) in [6.07, 6.45) is -4.17. The van der Waals surface area contributed by atoms with Crippen molar-refractivity contribution in [2.75, 3.05) is 19.7 Å². The van der Waals surface area contributed by atoms with Crippen LogP contribution in [0.3, 0.4) is 0 Å². The van der Waals surface area contributed by atoms with Gasteiger partial charge in [-0.05, 0) is 88.1 Å². The lowest BCUT2D eigenvalue weighted by Gasteiger charge is -2.27. The fourth-order valence-electron chi connectivity index (χ4n) is 5.11. The Morgan fingerprint density at radius 2 is 1.37 bits per heavy atom. The predicted molar refractivity (Wildman–Crippen MR) is 185 cm³/mol. The lowest BCUT2D eigenvalue weighted by Crippen LogP contribution is -2.58. The minimum absolute atomic E-state index is 0.138. The molecule has 0 aromatic heterocycles. The third-order valence-electron chi connectivity index (χ3n) is 7.41. The number of benzene rings is 2. The maximum atomic E-state index is 13.9. The Morgan fingerprint density at radius 3 is 1.92 bits per heavy atom. The van der Waals surface area contributed by atoms with E-state index in [1.807, 2.05) is 0 Å². The normalized spacial score (nSPS) is 18.9. The average molecular weight is 716 g/mol. The smallest absolute Gasteiger partial charge is 0.408 e. The Morgan fingerprint density at radius 1 is 0.824 bits per heavy atom. The molecule has 3 rings (SSSR count). The number of hydrogen-bond acceptors (Lipinski definition) is 11. The van der Waals surface area contributed by atoms with E-state index in [2.05, 4.69) is 26.6 Å². The van der Waals surface area contributed by atoms with Gasteiger partial charge in [0, 0.05) is 32.4 Å². The van der Waals surface area contributed by atoms with Crippen LogP contribution in [0.1, 0.15) is 59.1 Å². The van der Waals surface area contributed by atoms with E-state index in [-0.39, 0.29) is 48.6 Å². The van der Waals surface area contributed by atoms with E-state index in [0.29, 0.717) is 11.1 Å². The molecule has 51 heavy (non-hydrogen) atoms. The van der Waals surface area contributed by atoms with Crippen molar-refractivity contribution < 1.29 is 53.9 Å². The number of aliphatic hydroxyl groups is 2. The highest BCUT2D eigenvalue weighted by molar-refractivity contribution is 5.94. The van der Waals surface area contributed by atoms with E-state index in [9.17, 15) is 44.4 Å². The summed E-state index contributed by atoms with van der Waals surface area (Å²) in [4.78, 5) is 66.2. The SMILES string of the molecule is CC(C)(C)OC(=O)NC[C@H](O)C[C@@H]1NC(=O)[C@@H](NC(=O)OC(C)(C)C)Cc2cc(ccc2O)-c2ccc(O)c(c2)C[C@@H](C(=O)NCCO)NC1=O. The van der Waals surface area contributed by atoms with Crippen LogP contribution in [0.25, 0.3) is 11.1 Å². The zero-order valence-corrected chi connectivity index (χ0v) is 29.7. The second kappa shape index (κ2) is 17.2. The Hall–Kier alpha value is -5.09. The van der Waals surface area contributed by atoms with Gasteiger partial charge in [-0.1, -0.05) is 12.1 Å². The van der Waals surface area contributed by atoms with E-state index in [1.165, 1.54) is 12.1 Å². The number of aromatic hydroxyl groups is 2. The van der Waals surface area contributed by atoms with Crippen molar-refractivity contribution in [1.82, 2.24) is 26.6 Å². The van der Waals surface area contributed by atoms with Crippen molar-refractivity contribution in [2.45, 2.75) is 96.2 Å². The van der Waals surface area contributed by atoms with Gasteiger partial charge < -0.3 is 56.5 Å². The third-order valence-corrected chi connectivity index (χ3v) is 7.41. The number of carbonyl (C=O) groups excluding carboxylic acids is 5. The van der Waals surface area contributed by atoms with Crippen LogP contribution < -0.4 is 26.6 Å². The first-order valence-electron chi connectivity index (χ1n) is 16.5. The third kappa shape index (κ3) is 12.9. The molecule has 280 valence electrons. The Balaban J connectivity index is 2.09. The summed E-state index contributed by atoms with van der Waals surface area (Å²) in [5, 5.41) is 54.2. The van der Waals surface area contributed by atoms with E-state index >= 15 is 0 Å². The number of rotatable bonds is 8. The zero-order valence-electron chi connectivity index (χ0n) is 29.7. The number of alkyl carbamates (subject to hydrolysis) is 2. The minimum Gasteiger partial charge on any atom is -0.508 e. The monoisotopic (exact) mass is 715 g/mol. The van der Waals surface area contributed by atoms with Crippen molar-refractivity contribution in [3.8, 4) is 22.6 Å². The number of ether oxygens (including phenoxy) is 2. The van der Waals surface area contributed by atoms with E-state index in [1.54, 1.807) is 65.8 Å². The Kier molecular flexibility index (Phi) is 13.6. The highest BCUT2D eigenvalue weighted by Gasteiger charge is 2.33. The highest BCUT2D eigenvalue weighted by Crippen LogP contribution is 2.31. The van der Waals surface area contributed by atoms with Crippen LogP contribution in [0.2, 0.25) is 0 Å². The molecule has 2 aromatic rings. The molecule has 1 aliphatic heterocycles. The molecule has 4 bridgehead atoms. The van der Waals surface area contributed by atoms with Crippen LogP contribution in [0.4, 0.5) is 9.59 Å². The molecule has 0 saturated heterocycles. The van der Waals surface area contributed by atoms with Crippen LogP contribution in [-0.4, -0.2) is 105 Å². The number of carbonyl (C=O) groups is 5. The van der Waals surface area contributed by atoms with Gasteiger partial charge in [-0.2, -0.15) is 0 Å². The number of phenolic OH excluding ortho intramolecular Hbond substituents is 2. The molecule has 0 unspecified atom stereocenters. The summed E-state index contributed by atoms with van der Waals surface area (Å²) in [6, 6.07) is 4.94. The van der Waals surface area contributed by atoms with Gasteiger partial charge in [-0.25, -0.2) is 9.59 Å². The Labute approximate surface area is 296 Å². The average Bonchev–Trinajstić information content (AvgIpc) is 3.01. The quantitative estimate of drug-likeness (QED) is 0.187. The van der Waals surface area contributed by atoms with Crippen LogP contribution in [0, 0.1) is 0 Å². The predicted octanol–water partition coefficient (Wildman–Crippen LogP) is 1.11. The summed E-state index contributed by atoms with van der Waals surface area (Å²) in [7, 11) is 0. The van der Waals surface area contributed by atoms with Gasteiger partial charge in [0.1, 0.15) is 40.8 Å². The van der Waals surface area contributed by atoms with Gasteiger partial charge in [0.05, 0.1) is 12.7 Å². The van der Waals surface area contributed by atoms with Crippen molar-refractivity contribution in [3.05, 3.63) is 47.5 Å². The topological polar surface area (TPSA) is 245 Å². The lowest BCUT2D eigenvalue weighted by molar-refractivity contribution is -0.133. The largest absolute Gasteiger partial charge is 0.508 e. The van der Waals surface area contributed by atoms with Gasteiger partial charge in [-0.3, -0.25) is 14.4 Å². The molecule has 4 atom stereocenters. The molecule has 9 N–H and O–H groups in total. The molecule has 0 saturated carbocycles. The molecule has 16 nitrogen and oxygen atoms in total. The number of fused-ring (bicyclic) bond motifs is 5. The molecule has 2 aromatic carbocycles. The first-order valence-corrected chi connectivity index (χ1v) is 16.5. The molecule has 1 aliphatic rings. The summed E-state index contributed by atoms with van der Waals surface area (Å²) < 4.78 is 10.6. The molecule has 0 spiro atoms. The molecule has 1 heterocycles. The molecule has 16 heteroatoms. The van der Waals surface area contributed by atoms with Gasteiger partial charge in [-0.15, -0.1) is 0 Å². The van der Waals surface area contributed by atoms with Gasteiger partial charge in [0.2, 0.25) is 17.7 Å². The molecular weight excluding hydrogens is 666 g/mol. The molecule has 5 amide bonds. The lowest BCUT2D eigenvalue weighted by atomic mass is 9.95. The summed E-state index contributed by atoms with van der Waals surface area (Å²) in [5.41, 5.74) is -0.0990. The molecule has 0 aliphatic carbocycles. The van der Waals surface area contributed by atoms with Gasteiger partial charge in [0.15, 0.2) is 0 Å². The fraction of sp³-hybridized carbons (Fsp3) is 0.514. The first kappa shape index (κ1) is 40.3. The van der Waals surface area contributed by atoms with Crippen molar-refractivity contribution in [3.63, 3.8) is 0 Å². The summed E-state index contributed by atoms with van der Waals surface area (Å²) in [5.74, 6) is -2.89. The second-order valence-electron chi connectivity index (χ2n) is 14.2. The number of hydrogen-bond donors (Lipinski definition) is 9. The van der Waals surface area contributed by atoms with Crippen molar-refractivity contribution in [1.29, 1.82) is 0 Å². The summed E-state index contributed by atoms with van der Waals surface area (Å²) >= 11 is 0. The fourth-order valence-corrected chi connectivity index (χ4v) is 5.11. The number of amides is 5. The van der Waals surface area contributed by atoms with Crippen LogP contribution in [0.15, 0.2) is 36.4 Å². The Bertz CT molecular complexity index is 1580. The number of nitrogens with one attached hydrogen (secondary N) is 5. The van der Waals surface area contributed by atoms with Crippen LogP contribution in [0.5, 0.6) is 11.5 Å². The van der Waals surface area contributed by atoms with E-state index in [4.69, 9.17) is 9.47 Å². The maximum Gasteiger partial charge on any atom is 0.408 e. The van der Waals surface area contributed by atoms with Crippen molar-refractivity contribution in [2.24, 2.45) is 0 Å².